The minimum atomic E-state index is -0.893. The van der Waals surface area contributed by atoms with Gasteiger partial charge in [0.15, 0.2) is 0 Å². The van der Waals surface area contributed by atoms with Crippen molar-refractivity contribution < 1.29 is 14.6 Å². The summed E-state index contributed by atoms with van der Waals surface area (Å²) in [4.78, 5) is 19.1. The van der Waals surface area contributed by atoms with Crippen LogP contribution >= 0.6 is 0 Å². The number of hydrogen-bond donors (Lipinski definition) is 1. The Bertz CT molecular complexity index is 355. The van der Waals surface area contributed by atoms with Crippen LogP contribution in [-0.2, 0) is 4.79 Å². The number of hydrogen-bond acceptors (Lipinski definition) is 4. The Kier molecular flexibility index (Phi) is 4.69. The van der Waals surface area contributed by atoms with E-state index >= 15 is 0 Å². The van der Waals surface area contributed by atoms with Gasteiger partial charge >= 0.3 is 5.97 Å². The fourth-order valence-electron chi connectivity index (χ4n) is 1.40. The maximum atomic E-state index is 11.0. The van der Waals surface area contributed by atoms with Crippen LogP contribution in [0.3, 0.4) is 0 Å². The van der Waals surface area contributed by atoms with Gasteiger partial charge in [0.1, 0.15) is 11.7 Å². The highest BCUT2D eigenvalue weighted by Crippen LogP contribution is 2.19. The van der Waals surface area contributed by atoms with Crippen LogP contribution in [0.4, 0.5) is 0 Å². The molecule has 1 aromatic heterocycles. The van der Waals surface area contributed by atoms with Gasteiger partial charge in [0.2, 0.25) is 5.88 Å². The first kappa shape index (κ1) is 12.4. The molecule has 1 rings (SSSR count). The molecule has 0 aliphatic rings. The van der Waals surface area contributed by atoms with Crippen molar-refractivity contribution in [2.75, 3.05) is 6.61 Å². The van der Waals surface area contributed by atoms with E-state index < -0.39 is 11.9 Å². The average Bonchev–Trinajstić information content (AvgIpc) is 2.26. The number of rotatable bonds is 6. The number of carbonyl (C=O) groups is 1. The van der Waals surface area contributed by atoms with Gasteiger partial charge in [0.05, 0.1) is 6.61 Å². The zero-order valence-corrected chi connectivity index (χ0v) is 9.51. The van der Waals surface area contributed by atoms with Crippen molar-refractivity contribution in [3.8, 4) is 5.88 Å². The highest BCUT2D eigenvalue weighted by atomic mass is 16.5. The van der Waals surface area contributed by atoms with Crippen molar-refractivity contribution in [2.45, 2.75) is 32.6 Å². The summed E-state index contributed by atoms with van der Waals surface area (Å²) >= 11 is 0. The van der Waals surface area contributed by atoms with Crippen molar-refractivity contribution in [3.05, 3.63) is 18.1 Å². The number of nitrogens with zero attached hydrogens (tertiary/aromatic N) is 2. The highest BCUT2D eigenvalue weighted by Gasteiger charge is 2.22. The van der Waals surface area contributed by atoms with Gasteiger partial charge in [-0.25, -0.2) is 4.98 Å². The Hall–Kier alpha value is -1.65. The molecular weight excluding hydrogens is 208 g/mol. The fraction of sp³-hybridized carbons (Fsp3) is 0.545. The predicted molar refractivity (Wildman–Crippen MR) is 58.5 cm³/mol. The molecule has 0 amide bonds. The molecule has 0 fully saturated rings. The number of aromatic nitrogens is 2. The molecule has 0 aliphatic carbocycles. The Labute approximate surface area is 94.5 Å². The van der Waals surface area contributed by atoms with Gasteiger partial charge in [0, 0.05) is 12.3 Å². The number of aliphatic carboxylic acids is 1. The molecule has 0 aliphatic heterocycles. The molecule has 1 atom stereocenters. The summed E-state index contributed by atoms with van der Waals surface area (Å²) in [6.07, 6.45) is 2.84. The summed E-state index contributed by atoms with van der Waals surface area (Å²) in [6, 6.07) is 1.62. The molecule has 1 heterocycles. The van der Waals surface area contributed by atoms with E-state index in [0.717, 1.165) is 6.42 Å². The van der Waals surface area contributed by atoms with Gasteiger partial charge in [-0.1, -0.05) is 13.3 Å². The van der Waals surface area contributed by atoms with Crippen molar-refractivity contribution in [2.24, 2.45) is 0 Å². The first-order valence-corrected chi connectivity index (χ1v) is 5.37. The third-order valence-corrected chi connectivity index (χ3v) is 2.13. The maximum Gasteiger partial charge on any atom is 0.314 e. The summed E-state index contributed by atoms with van der Waals surface area (Å²) in [5, 5.41) is 9.06. The Morgan fingerprint density at radius 3 is 2.88 bits per heavy atom. The number of carboxylic acid groups (broad SMARTS) is 1. The van der Waals surface area contributed by atoms with Crippen LogP contribution in [0.5, 0.6) is 5.88 Å². The minimum absolute atomic E-state index is 0.320. The minimum Gasteiger partial charge on any atom is -0.481 e. The van der Waals surface area contributed by atoms with E-state index in [2.05, 4.69) is 9.97 Å². The van der Waals surface area contributed by atoms with Gasteiger partial charge in [0.25, 0.3) is 0 Å². The molecule has 88 valence electrons. The van der Waals surface area contributed by atoms with E-state index in [9.17, 15) is 4.79 Å². The lowest BCUT2D eigenvalue weighted by Gasteiger charge is -2.10. The van der Waals surface area contributed by atoms with Crippen LogP contribution in [0.15, 0.2) is 12.3 Å². The second-order valence-corrected chi connectivity index (χ2v) is 3.37. The molecule has 5 nitrogen and oxygen atoms in total. The molecule has 16 heavy (non-hydrogen) atoms. The Balaban J connectivity index is 2.90. The molecular formula is C11H16N2O3. The van der Waals surface area contributed by atoms with Crippen LogP contribution in [0.25, 0.3) is 0 Å². The lowest BCUT2D eigenvalue weighted by atomic mass is 10.0. The lowest BCUT2D eigenvalue weighted by molar-refractivity contribution is -0.139. The highest BCUT2D eigenvalue weighted by molar-refractivity contribution is 5.74. The zero-order chi connectivity index (χ0) is 12.0. The largest absolute Gasteiger partial charge is 0.481 e. The second kappa shape index (κ2) is 6.05. The van der Waals surface area contributed by atoms with Crippen LogP contribution in [0.1, 0.15) is 38.4 Å². The Morgan fingerprint density at radius 1 is 1.56 bits per heavy atom. The topological polar surface area (TPSA) is 72.3 Å². The van der Waals surface area contributed by atoms with Crippen LogP contribution in [-0.4, -0.2) is 27.7 Å². The smallest absolute Gasteiger partial charge is 0.314 e. The normalized spacial score (nSPS) is 12.1. The van der Waals surface area contributed by atoms with E-state index in [1.165, 1.54) is 6.20 Å². The van der Waals surface area contributed by atoms with Crippen molar-refractivity contribution in [3.63, 3.8) is 0 Å². The zero-order valence-electron chi connectivity index (χ0n) is 9.51. The predicted octanol–water partition coefficient (Wildman–Crippen LogP) is 1.84. The first-order chi connectivity index (χ1) is 7.69. The average molecular weight is 224 g/mol. The standard InChI is InChI=1S/C11H16N2O3/c1-3-5-8(11(14)15)10-12-7-6-9(13-10)16-4-2/h6-8H,3-5H2,1-2H3,(H,14,15). The lowest BCUT2D eigenvalue weighted by Crippen LogP contribution is -2.15. The van der Waals surface area contributed by atoms with E-state index in [-0.39, 0.29) is 0 Å². The summed E-state index contributed by atoms with van der Waals surface area (Å²) in [7, 11) is 0. The monoisotopic (exact) mass is 224 g/mol. The van der Waals surface area contributed by atoms with E-state index in [0.29, 0.717) is 24.7 Å². The quantitative estimate of drug-likeness (QED) is 0.798. The van der Waals surface area contributed by atoms with Gasteiger partial charge in [-0.05, 0) is 13.3 Å². The third-order valence-electron chi connectivity index (χ3n) is 2.13. The molecule has 1 aromatic rings. The van der Waals surface area contributed by atoms with E-state index in [4.69, 9.17) is 9.84 Å². The Morgan fingerprint density at radius 2 is 2.31 bits per heavy atom. The summed E-state index contributed by atoms with van der Waals surface area (Å²) in [6.45, 7) is 4.28. The van der Waals surface area contributed by atoms with Crippen molar-refractivity contribution >= 4 is 5.97 Å². The number of ether oxygens (including phenoxy) is 1. The van der Waals surface area contributed by atoms with Gasteiger partial charge in [-0.3, -0.25) is 4.79 Å². The van der Waals surface area contributed by atoms with Crippen LogP contribution < -0.4 is 4.74 Å². The third kappa shape index (κ3) is 3.18. The molecule has 1 N–H and O–H groups in total. The maximum absolute atomic E-state index is 11.0. The van der Waals surface area contributed by atoms with Gasteiger partial charge in [-0.15, -0.1) is 0 Å². The number of carboxylic acids is 1. The molecule has 1 unspecified atom stereocenters. The summed E-state index contributed by atoms with van der Waals surface area (Å²) in [5.74, 6) is -0.795. The van der Waals surface area contributed by atoms with Gasteiger partial charge < -0.3 is 9.84 Å². The van der Waals surface area contributed by atoms with E-state index in [1.54, 1.807) is 6.07 Å². The molecule has 5 heteroatoms. The van der Waals surface area contributed by atoms with Crippen LogP contribution in [0.2, 0.25) is 0 Å². The van der Waals surface area contributed by atoms with Gasteiger partial charge in [-0.2, -0.15) is 4.98 Å². The summed E-state index contributed by atoms with van der Waals surface area (Å²) < 4.78 is 5.21. The molecule has 0 aromatic carbocycles. The SMILES string of the molecule is CCCC(C(=O)O)c1nccc(OCC)n1. The molecule has 0 saturated heterocycles. The summed E-state index contributed by atoms with van der Waals surface area (Å²) in [5.41, 5.74) is 0. The fourth-order valence-corrected chi connectivity index (χ4v) is 1.40. The molecule has 0 saturated carbocycles. The molecule has 0 radical (unpaired) electrons. The molecule has 0 spiro atoms. The first-order valence-electron chi connectivity index (χ1n) is 5.37. The van der Waals surface area contributed by atoms with E-state index in [1.807, 2.05) is 13.8 Å². The van der Waals surface area contributed by atoms with Crippen LogP contribution in [0, 0.1) is 0 Å². The van der Waals surface area contributed by atoms with Crippen molar-refractivity contribution in [1.29, 1.82) is 0 Å². The molecule has 0 bridgehead atoms. The second-order valence-electron chi connectivity index (χ2n) is 3.37. The van der Waals surface area contributed by atoms with Crippen molar-refractivity contribution in [1.82, 2.24) is 9.97 Å².